The van der Waals surface area contributed by atoms with Crippen molar-refractivity contribution in [2.45, 2.75) is 25.3 Å². The van der Waals surface area contributed by atoms with E-state index in [1.807, 2.05) is 82.8 Å². The van der Waals surface area contributed by atoms with E-state index in [-0.39, 0.29) is 17.9 Å². The van der Waals surface area contributed by atoms with Crippen LogP contribution in [0.25, 0.3) is 28.9 Å². The summed E-state index contributed by atoms with van der Waals surface area (Å²) in [5.41, 5.74) is 9.10. The van der Waals surface area contributed by atoms with Gasteiger partial charge in [-0.1, -0.05) is 54.6 Å². The Labute approximate surface area is 276 Å². The molecule has 2 heterocycles. The normalized spacial score (nSPS) is 18.2. The smallest absolute Gasteiger partial charge is 0.274 e. The van der Waals surface area contributed by atoms with Crippen LogP contribution in [0.4, 0.5) is 11.4 Å². The highest BCUT2D eigenvalue weighted by molar-refractivity contribution is 6.09. The van der Waals surface area contributed by atoms with Gasteiger partial charge < -0.3 is 14.2 Å². The van der Waals surface area contributed by atoms with Gasteiger partial charge in [-0.05, 0) is 90.6 Å². The van der Waals surface area contributed by atoms with Crippen LogP contribution in [0.3, 0.4) is 0 Å². The number of amides is 1. The highest BCUT2D eigenvalue weighted by Crippen LogP contribution is 2.45. The van der Waals surface area contributed by atoms with Crippen LogP contribution in [0.5, 0.6) is 0 Å². The summed E-state index contributed by atoms with van der Waals surface area (Å²) in [6.45, 7) is 0. The molecule has 1 aliphatic carbocycles. The molecule has 0 bridgehead atoms. The molecule has 0 saturated heterocycles. The lowest BCUT2D eigenvalue weighted by Crippen LogP contribution is -2.32. The number of carbonyl (C=O) groups is 1. The third-order valence-electron chi connectivity index (χ3n) is 9.15. The van der Waals surface area contributed by atoms with E-state index in [0.29, 0.717) is 17.2 Å². The van der Waals surface area contributed by atoms with Crippen molar-refractivity contribution < 1.29 is 9.21 Å². The van der Waals surface area contributed by atoms with Crippen molar-refractivity contribution in [2.75, 3.05) is 38.0 Å². The Bertz CT molecular complexity index is 1920. The van der Waals surface area contributed by atoms with E-state index in [0.717, 1.165) is 58.6 Å². The summed E-state index contributed by atoms with van der Waals surface area (Å²) >= 11 is 0. The Morgan fingerprint density at radius 3 is 2.13 bits per heavy atom. The zero-order chi connectivity index (χ0) is 32.5. The molecule has 2 atom stereocenters. The molecule has 1 aliphatic heterocycles. The summed E-state index contributed by atoms with van der Waals surface area (Å²) in [4.78, 5) is 23.0. The molecule has 0 N–H and O–H groups in total. The number of benzene rings is 4. The quantitative estimate of drug-likeness (QED) is 0.182. The van der Waals surface area contributed by atoms with Crippen molar-refractivity contribution in [3.8, 4) is 22.8 Å². The second-order valence-corrected chi connectivity index (χ2v) is 12.7. The SMILES string of the molecule is CN(C)c1ccc(/C=C2\CCC[C@@H]3C2=NN(C(=O)c2ccc(-c4ncc(-c5ccccc5)o4)cc2)[C@H]3c2ccc(N(C)C)cc2)cc1. The molecule has 236 valence electrons. The Hall–Kier alpha value is -5.43. The van der Waals surface area contributed by atoms with Crippen molar-refractivity contribution in [2.24, 2.45) is 11.0 Å². The number of aromatic nitrogens is 1. The van der Waals surface area contributed by atoms with E-state index >= 15 is 0 Å². The number of rotatable bonds is 7. The molecule has 1 saturated carbocycles. The van der Waals surface area contributed by atoms with Gasteiger partial charge in [0.2, 0.25) is 5.89 Å². The van der Waals surface area contributed by atoms with Crippen LogP contribution in [-0.4, -0.2) is 49.8 Å². The molecule has 47 heavy (non-hydrogen) atoms. The van der Waals surface area contributed by atoms with Gasteiger partial charge in [0, 0.05) is 62.2 Å². The molecule has 1 fully saturated rings. The van der Waals surface area contributed by atoms with Gasteiger partial charge in [-0.3, -0.25) is 4.79 Å². The molecule has 1 aromatic heterocycles. The molecule has 0 unspecified atom stereocenters. The highest BCUT2D eigenvalue weighted by atomic mass is 16.4. The number of nitrogens with zero attached hydrogens (tertiary/aromatic N) is 5. The molecule has 2 aliphatic rings. The van der Waals surface area contributed by atoms with Gasteiger partial charge in [0.25, 0.3) is 5.91 Å². The fourth-order valence-electron chi connectivity index (χ4n) is 6.57. The average molecular weight is 622 g/mol. The van der Waals surface area contributed by atoms with Crippen LogP contribution >= 0.6 is 0 Å². The fourth-order valence-corrected chi connectivity index (χ4v) is 6.57. The van der Waals surface area contributed by atoms with Crippen molar-refractivity contribution in [1.82, 2.24) is 9.99 Å². The predicted molar refractivity (Wildman–Crippen MR) is 191 cm³/mol. The number of carbonyl (C=O) groups excluding carboxylic acids is 1. The van der Waals surface area contributed by atoms with Gasteiger partial charge in [-0.25, -0.2) is 9.99 Å². The molecule has 5 aromatic rings. The summed E-state index contributed by atoms with van der Waals surface area (Å²) in [6.07, 6.45) is 6.95. The minimum absolute atomic E-state index is 0.118. The van der Waals surface area contributed by atoms with Crippen molar-refractivity contribution in [1.29, 1.82) is 0 Å². The molecule has 1 amide bonds. The van der Waals surface area contributed by atoms with E-state index in [9.17, 15) is 4.79 Å². The number of hydrogen-bond donors (Lipinski definition) is 0. The summed E-state index contributed by atoms with van der Waals surface area (Å²) in [5, 5.41) is 6.85. The Morgan fingerprint density at radius 2 is 1.47 bits per heavy atom. The average Bonchev–Trinajstić information content (AvgIpc) is 3.75. The maximum Gasteiger partial charge on any atom is 0.274 e. The van der Waals surface area contributed by atoms with Gasteiger partial charge in [0.1, 0.15) is 0 Å². The number of oxazole rings is 1. The van der Waals surface area contributed by atoms with Crippen LogP contribution in [-0.2, 0) is 0 Å². The van der Waals surface area contributed by atoms with Gasteiger partial charge in [0.05, 0.1) is 18.0 Å². The highest BCUT2D eigenvalue weighted by Gasteiger charge is 2.44. The maximum absolute atomic E-state index is 14.3. The van der Waals surface area contributed by atoms with Crippen LogP contribution in [0, 0.1) is 5.92 Å². The summed E-state index contributed by atoms with van der Waals surface area (Å²) in [5.74, 6) is 1.22. The van der Waals surface area contributed by atoms with Crippen LogP contribution in [0.15, 0.2) is 124 Å². The second kappa shape index (κ2) is 12.8. The van der Waals surface area contributed by atoms with E-state index in [2.05, 4.69) is 69.4 Å². The first-order chi connectivity index (χ1) is 22.9. The third-order valence-corrected chi connectivity index (χ3v) is 9.15. The topological polar surface area (TPSA) is 65.2 Å². The molecule has 7 heteroatoms. The second-order valence-electron chi connectivity index (χ2n) is 12.7. The summed E-state index contributed by atoms with van der Waals surface area (Å²) in [7, 11) is 8.17. The fraction of sp³-hybridized carbons (Fsp3) is 0.225. The Kier molecular flexibility index (Phi) is 8.21. The number of anilines is 2. The van der Waals surface area contributed by atoms with E-state index in [4.69, 9.17) is 9.52 Å². The number of hydrazone groups is 1. The monoisotopic (exact) mass is 621 g/mol. The Balaban J connectivity index is 1.21. The molecule has 7 nitrogen and oxygen atoms in total. The van der Waals surface area contributed by atoms with Gasteiger partial charge >= 0.3 is 0 Å². The summed E-state index contributed by atoms with van der Waals surface area (Å²) < 4.78 is 6.06. The zero-order valence-electron chi connectivity index (χ0n) is 27.3. The minimum atomic E-state index is -0.187. The number of allylic oxidation sites excluding steroid dienone is 1. The first kappa shape index (κ1) is 30.2. The van der Waals surface area contributed by atoms with E-state index in [1.165, 1.54) is 5.57 Å². The lowest BCUT2D eigenvalue weighted by Gasteiger charge is -2.30. The lowest BCUT2D eigenvalue weighted by molar-refractivity contribution is 0.0681. The van der Waals surface area contributed by atoms with Gasteiger partial charge in [0.15, 0.2) is 5.76 Å². The minimum Gasteiger partial charge on any atom is -0.436 e. The van der Waals surface area contributed by atoms with Crippen molar-refractivity contribution >= 4 is 29.1 Å². The zero-order valence-corrected chi connectivity index (χ0v) is 27.3. The van der Waals surface area contributed by atoms with Crippen molar-refractivity contribution in [3.05, 3.63) is 132 Å². The standard InChI is InChI=1S/C40H39N5O2/c1-43(2)33-21-13-27(14-22-33)25-32-11-8-12-35-37(32)42-45(38(35)29-19-23-34(24-20-29)44(3)4)40(46)31-17-15-30(16-18-31)39-41-26-36(47-39)28-9-6-5-7-10-28/h5-7,9-10,13-26,35,38H,8,11-12H2,1-4H3/b32-25+/t35-,38+/m1/s1. The first-order valence-corrected chi connectivity index (χ1v) is 16.1. The lowest BCUT2D eigenvalue weighted by atomic mass is 9.77. The molecular formula is C40H39N5O2. The van der Waals surface area contributed by atoms with Gasteiger partial charge in [-0.15, -0.1) is 0 Å². The number of fused-ring (bicyclic) bond motifs is 1. The Morgan fingerprint density at radius 1 is 0.809 bits per heavy atom. The van der Waals surface area contributed by atoms with Crippen LogP contribution in [0.2, 0.25) is 0 Å². The molecule has 4 aromatic carbocycles. The first-order valence-electron chi connectivity index (χ1n) is 16.1. The largest absolute Gasteiger partial charge is 0.436 e. The number of hydrogen-bond acceptors (Lipinski definition) is 6. The predicted octanol–water partition coefficient (Wildman–Crippen LogP) is 8.58. The molecular weight excluding hydrogens is 582 g/mol. The maximum atomic E-state index is 14.3. The van der Waals surface area contributed by atoms with Gasteiger partial charge in [-0.2, -0.15) is 5.10 Å². The van der Waals surface area contributed by atoms with Crippen molar-refractivity contribution in [3.63, 3.8) is 0 Å². The molecule has 7 rings (SSSR count). The third kappa shape index (κ3) is 6.09. The van der Waals surface area contributed by atoms with E-state index in [1.54, 1.807) is 11.2 Å². The molecule has 0 spiro atoms. The van der Waals surface area contributed by atoms with Crippen LogP contribution < -0.4 is 9.80 Å². The van der Waals surface area contributed by atoms with E-state index < -0.39 is 0 Å². The molecule has 0 radical (unpaired) electrons. The van der Waals surface area contributed by atoms with Crippen LogP contribution in [0.1, 0.15) is 46.8 Å². The summed E-state index contributed by atoms with van der Waals surface area (Å²) in [6, 6.07) is 34.3.